The number of hydrogen-bond acceptors (Lipinski definition) is 6. The van der Waals surface area contributed by atoms with E-state index in [1.807, 2.05) is 0 Å². The number of imide groups is 2. The Morgan fingerprint density at radius 2 is 1.96 bits per heavy atom. The Labute approximate surface area is 148 Å². The van der Waals surface area contributed by atoms with Crippen molar-refractivity contribution in [1.29, 1.82) is 0 Å². The van der Waals surface area contributed by atoms with Gasteiger partial charge in [0, 0.05) is 12.1 Å². The van der Waals surface area contributed by atoms with Gasteiger partial charge in [0.2, 0.25) is 11.8 Å². The van der Waals surface area contributed by atoms with Gasteiger partial charge >= 0.3 is 5.97 Å². The van der Waals surface area contributed by atoms with Gasteiger partial charge in [0.05, 0.1) is 11.1 Å². The highest BCUT2D eigenvalue weighted by molar-refractivity contribution is 6.23. The molecule has 136 valence electrons. The molecule has 9 heteroatoms. The first-order valence-corrected chi connectivity index (χ1v) is 8.18. The monoisotopic (exact) mass is 359 g/mol. The normalized spacial score (nSPS) is 20.7. The molecular weight excluding hydrogens is 342 g/mol. The Balaban J connectivity index is 1.87. The summed E-state index contributed by atoms with van der Waals surface area (Å²) in [6, 6.07) is 2.50. The van der Waals surface area contributed by atoms with Crippen LogP contribution in [0.1, 0.15) is 46.9 Å². The molecule has 2 unspecified atom stereocenters. The van der Waals surface area contributed by atoms with E-state index < -0.39 is 41.7 Å². The van der Waals surface area contributed by atoms with Gasteiger partial charge in [0.15, 0.2) is 0 Å². The van der Waals surface area contributed by atoms with E-state index in [-0.39, 0.29) is 24.0 Å². The Bertz CT molecular complexity index is 834. The number of nitrogens with zero attached hydrogens (tertiary/aromatic N) is 1. The zero-order chi connectivity index (χ0) is 19.0. The molecule has 1 aromatic carbocycles. The van der Waals surface area contributed by atoms with Crippen LogP contribution in [0.2, 0.25) is 0 Å². The molecule has 1 saturated heterocycles. The van der Waals surface area contributed by atoms with Crippen molar-refractivity contribution in [3.8, 4) is 0 Å². The maximum atomic E-state index is 12.7. The van der Waals surface area contributed by atoms with E-state index in [9.17, 15) is 24.0 Å². The lowest BCUT2D eigenvalue weighted by Gasteiger charge is -2.27. The van der Waals surface area contributed by atoms with Gasteiger partial charge in [-0.2, -0.15) is 0 Å². The summed E-state index contributed by atoms with van der Waals surface area (Å²) in [6.45, 7) is 1.71. The summed E-state index contributed by atoms with van der Waals surface area (Å²) in [5, 5.41) is 14.0. The maximum Gasteiger partial charge on any atom is 0.326 e. The fraction of sp³-hybridized carbons (Fsp3) is 0.353. The van der Waals surface area contributed by atoms with Crippen LogP contribution in [0.25, 0.3) is 0 Å². The molecule has 26 heavy (non-hydrogen) atoms. The van der Waals surface area contributed by atoms with Crippen molar-refractivity contribution in [2.24, 2.45) is 0 Å². The van der Waals surface area contributed by atoms with Gasteiger partial charge in [0.25, 0.3) is 11.8 Å². The molecule has 0 aliphatic carbocycles. The molecule has 0 bridgehead atoms. The Morgan fingerprint density at radius 3 is 2.58 bits per heavy atom. The van der Waals surface area contributed by atoms with Gasteiger partial charge in [-0.15, -0.1) is 0 Å². The predicted octanol–water partition coefficient (Wildman–Crippen LogP) is 0.363. The smallest absolute Gasteiger partial charge is 0.326 e. The highest BCUT2D eigenvalue weighted by atomic mass is 16.4. The van der Waals surface area contributed by atoms with Crippen molar-refractivity contribution in [1.82, 2.24) is 10.2 Å². The van der Waals surface area contributed by atoms with Crippen molar-refractivity contribution < 1.29 is 29.1 Å². The molecule has 3 N–H and O–H groups in total. The number of rotatable bonds is 5. The van der Waals surface area contributed by atoms with E-state index in [0.29, 0.717) is 12.1 Å². The quantitative estimate of drug-likeness (QED) is 0.647. The number of aliphatic carboxylic acids is 1. The van der Waals surface area contributed by atoms with Crippen molar-refractivity contribution >= 4 is 35.3 Å². The van der Waals surface area contributed by atoms with E-state index in [1.54, 1.807) is 6.92 Å². The largest absolute Gasteiger partial charge is 0.480 e. The van der Waals surface area contributed by atoms with Crippen molar-refractivity contribution in [3.05, 3.63) is 29.3 Å². The Morgan fingerprint density at radius 1 is 1.27 bits per heavy atom. The number of fused-ring (bicyclic) bond motifs is 1. The minimum absolute atomic E-state index is 0.0490. The fourth-order valence-electron chi connectivity index (χ4n) is 3.10. The van der Waals surface area contributed by atoms with E-state index in [2.05, 4.69) is 10.6 Å². The van der Waals surface area contributed by atoms with Crippen LogP contribution in [-0.4, -0.2) is 51.7 Å². The lowest BCUT2D eigenvalue weighted by atomic mass is 10.0. The van der Waals surface area contributed by atoms with Gasteiger partial charge in [-0.25, -0.2) is 4.79 Å². The molecule has 9 nitrogen and oxygen atoms in total. The van der Waals surface area contributed by atoms with Gasteiger partial charge in [-0.05, 0) is 31.0 Å². The number of benzene rings is 1. The summed E-state index contributed by atoms with van der Waals surface area (Å²) in [5.74, 6) is -3.37. The van der Waals surface area contributed by atoms with Crippen LogP contribution in [0, 0.1) is 0 Å². The summed E-state index contributed by atoms with van der Waals surface area (Å²) < 4.78 is 0. The molecule has 2 atom stereocenters. The number of hydrogen-bond donors (Lipinski definition) is 3. The Hall–Kier alpha value is -3.23. The van der Waals surface area contributed by atoms with Crippen molar-refractivity contribution in [2.75, 3.05) is 5.32 Å². The lowest BCUT2D eigenvalue weighted by molar-refractivity contribution is -0.138. The third-order valence-electron chi connectivity index (χ3n) is 4.49. The third kappa shape index (κ3) is 2.92. The average molecular weight is 359 g/mol. The van der Waals surface area contributed by atoms with E-state index in [0.717, 1.165) is 4.90 Å². The second kappa shape index (κ2) is 6.58. The minimum atomic E-state index is -1.03. The zero-order valence-corrected chi connectivity index (χ0v) is 13.9. The molecule has 0 saturated carbocycles. The van der Waals surface area contributed by atoms with Gasteiger partial charge < -0.3 is 10.4 Å². The van der Waals surface area contributed by atoms with Crippen LogP contribution in [0.4, 0.5) is 5.69 Å². The summed E-state index contributed by atoms with van der Waals surface area (Å²) in [7, 11) is 0. The van der Waals surface area contributed by atoms with Crippen LogP contribution in [0.3, 0.4) is 0 Å². The number of nitrogens with one attached hydrogen (secondary N) is 2. The van der Waals surface area contributed by atoms with Gasteiger partial charge in [-0.1, -0.05) is 6.92 Å². The van der Waals surface area contributed by atoms with Crippen LogP contribution >= 0.6 is 0 Å². The maximum absolute atomic E-state index is 12.7. The van der Waals surface area contributed by atoms with Crippen molar-refractivity contribution in [2.45, 2.75) is 38.3 Å². The number of carboxylic acids is 1. The first-order chi connectivity index (χ1) is 12.3. The topological polar surface area (TPSA) is 133 Å². The van der Waals surface area contributed by atoms with Crippen LogP contribution in [0.5, 0.6) is 0 Å². The average Bonchev–Trinajstić information content (AvgIpc) is 2.84. The molecule has 0 radical (unpaired) electrons. The molecule has 2 aliphatic heterocycles. The molecule has 4 amide bonds. The highest BCUT2D eigenvalue weighted by Crippen LogP contribution is 2.29. The van der Waals surface area contributed by atoms with Gasteiger partial charge in [0.1, 0.15) is 12.1 Å². The fourth-order valence-corrected chi connectivity index (χ4v) is 3.10. The van der Waals surface area contributed by atoms with Crippen molar-refractivity contribution in [3.63, 3.8) is 0 Å². The summed E-state index contributed by atoms with van der Waals surface area (Å²) >= 11 is 0. The number of carbonyl (C=O) groups excluding carboxylic acids is 4. The molecule has 2 heterocycles. The van der Waals surface area contributed by atoms with E-state index in [4.69, 9.17) is 5.11 Å². The standard InChI is InChI=1S/C17H17N3O6/c1-2-11(17(25)26)18-8-3-4-9-10(7-8)16(24)20(15(9)23)12-5-6-13(21)19-14(12)22/h3-4,7,11-12,18H,2,5-6H2,1H3,(H,25,26)(H,19,21,22). The third-order valence-corrected chi connectivity index (χ3v) is 4.49. The van der Waals surface area contributed by atoms with Crippen LogP contribution < -0.4 is 10.6 Å². The highest BCUT2D eigenvalue weighted by Gasteiger charge is 2.44. The predicted molar refractivity (Wildman–Crippen MR) is 88.5 cm³/mol. The summed E-state index contributed by atoms with van der Waals surface area (Å²) in [6.07, 6.45) is 0.466. The second-order valence-electron chi connectivity index (χ2n) is 6.15. The molecule has 0 aromatic heterocycles. The number of anilines is 1. The summed E-state index contributed by atoms with van der Waals surface area (Å²) in [5.41, 5.74) is 0.642. The molecule has 2 aliphatic rings. The Kier molecular flexibility index (Phi) is 4.45. The molecular formula is C17H17N3O6. The number of carbonyl (C=O) groups is 5. The SMILES string of the molecule is CCC(Nc1ccc2c(c1)C(=O)N(C1CCC(=O)NC1=O)C2=O)C(=O)O. The molecule has 3 rings (SSSR count). The first kappa shape index (κ1) is 17.6. The molecule has 0 spiro atoms. The first-order valence-electron chi connectivity index (χ1n) is 8.18. The molecule has 1 fully saturated rings. The number of amides is 4. The number of carboxylic acid groups (broad SMARTS) is 1. The minimum Gasteiger partial charge on any atom is -0.480 e. The lowest BCUT2D eigenvalue weighted by Crippen LogP contribution is -2.54. The van der Waals surface area contributed by atoms with E-state index in [1.165, 1.54) is 18.2 Å². The number of piperidine rings is 1. The van der Waals surface area contributed by atoms with Gasteiger partial charge in [-0.3, -0.25) is 29.4 Å². The second-order valence-corrected chi connectivity index (χ2v) is 6.15. The molecule has 1 aromatic rings. The van der Waals surface area contributed by atoms with Crippen LogP contribution in [-0.2, 0) is 14.4 Å². The zero-order valence-electron chi connectivity index (χ0n) is 13.9. The summed E-state index contributed by atoms with van der Waals surface area (Å²) in [4.78, 5) is 60.5. The van der Waals surface area contributed by atoms with Crippen LogP contribution in [0.15, 0.2) is 18.2 Å². The van der Waals surface area contributed by atoms with E-state index >= 15 is 0 Å².